The molecule has 5 aromatic rings. The molecule has 0 bridgehead atoms. The quantitative estimate of drug-likeness (QED) is 0.290. The number of benzene rings is 4. The fraction of sp³-hybridized carbons (Fsp3) is 0. The summed E-state index contributed by atoms with van der Waals surface area (Å²) in [6.45, 7) is 0. The number of hydrogen-bond acceptors (Lipinski definition) is 5. The Balaban J connectivity index is 1.86. The fourth-order valence-corrected chi connectivity index (χ4v) is 3.81. The van der Waals surface area contributed by atoms with Crippen molar-refractivity contribution in [2.75, 3.05) is 0 Å². The van der Waals surface area contributed by atoms with Gasteiger partial charge in [-0.3, -0.25) is 0 Å². The third-order valence-electron chi connectivity index (χ3n) is 5.42. The Labute approximate surface area is 189 Å². The summed E-state index contributed by atoms with van der Waals surface area (Å²) in [5.74, 6) is 0.609. The standard InChI is InChI=1S/C27H20N2O4/c30-21-9-1-17(2-10-21)25-26(18-3-11-22(31)12-4-18)28-29(20-7-15-24(33)16-8-20)27(25)19-5-13-23(32)14-6-19/h1-16,30-33H. The Morgan fingerprint density at radius 1 is 0.455 bits per heavy atom. The van der Waals surface area contributed by atoms with Crippen molar-refractivity contribution < 1.29 is 20.4 Å². The summed E-state index contributed by atoms with van der Waals surface area (Å²) in [5.41, 5.74) is 5.46. The molecule has 0 fully saturated rings. The van der Waals surface area contributed by atoms with Gasteiger partial charge < -0.3 is 20.4 Å². The number of rotatable bonds is 4. The lowest BCUT2D eigenvalue weighted by atomic mass is 9.95. The summed E-state index contributed by atoms with van der Waals surface area (Å²) in [5, 5.41) is 44.2. The number of phenols is 4. The smallest absolute Gasteiger partial charge is 0.115 e. The lowest BCUT2D eigenvalue weighted by Gasteiger charge is -2.11. The van der Waals surface area contributed by atoms with Gasteiger partial charge in [0.2, 0.25) is 0 Å². The Morgan fingerprint density at radius 3 is 1.33 bits per heavy atom. The van der Waals surface area contributed by atoms with Crippen molar-refractivity contribution in [3.8, 4) is 62.3 Å². The van der Waals surface area contributed by atoms with E-state index < -0.39 is 0 Å². The Bertz CT molecular complexity index is 1290. The van der Waals surface area contributed by atoms with E-state index >= 15 is 0 Å². The van der Waals surface area contributed by atoms with Crippen LogP contribution in [-0.4, -0.2) is 30.2 Å². The molecule has 0 saturated carbocycles. The highest BCUT2D eigenvalue weighted by Crippen LogP contribution is 2.42. The first-order valence-corrected chi connectivity index (χ1v) is 10.3. The van der Waals surface area contributed by atoms with Crippen LogP contribution in [0.2, 0.25) is 0 Å². The maximum Gasteiger partial charge on any atom is 0.115 e. The van der Waals surface area contributed by atoms with E-state index in [1.165, 1.54) is 0 Å². The molecule has 1 heterocycles. The molecule has 6 heteroatoms. The summed E-state index contributed by atoms with van der Waals surface area (Å²) in [4.78, 5) is 0. The average molecular weight is 436 g/mol. The molecule has 0 aliphatic carbocycles. The van der Waals surface area contributed by atoms with Crippen molar-refractivity contribution in [1.29, 1.82) is 0 Å². The van der Waals surface area contributed by atoms with Crippen molar-refractivity contribution in [3.05, 3.63) is 97.1 Å². The molecule has 0 amide bonds. The van der Waals surface area contributed by atoms with Crippen LogP contribution in [0.15, 0.2) is 97.1 Å². The van der Waals surface area contributed by atoms with Crippen LogP contribution in [0.1, 0.15) is 0 Å². The zero-order chi connectivity index (χ0) is 22.9. The van der Waals surface area contributed by atoms with Gasteiger partial charge in [-0.25, -0.2) is 4.68 Å². The van der Waals surface area contributed by atoms with Crippen molar-refractivity contribution in [3.63, 3.8) is 0 Å². The molecular weight excluding hydrogens is 416 g/mol. The summed E-state index contributed by atoms with van der Waals surface area (Å²) >= 11 is 0. The molecule has 0 spiro atoms. The number of hydrogen-bond donors (Lipinski definition) is 4. The average Bonchev–Trinajstić information content (AvgIpc) is 3.21. The van der Waals surface area contributed by atoms with Crippen molar-refractivity contribution in [2.45, 2.75) is 0 Å². The molecule has 0 radical (unpaired) electrons. The van der Waals surface area contributed by atoms with Crippen molar-refractivity contribution >= 4 is 0 Å². The van der Waals surface area contributed by atoms with Crippen molar-refractivity contribution in [1.82, 2.24) is 9.78 Å². The van der Waals surface area contributed by atoms with Crippen LogP contribution in [-0.2, 0) is 0 Å². The molecule has 1 aromatic heterocycles. The molecule has 0 saturated heterocycles. The van der Waals surface area contributed by atoms with E-state index in [2.05, 4.69) is 0 Å². The van der Waals surface area contributed by atoms with E-state index in [4.69, 9.17) is 5.10 Å². The number of aromatic nitrogens is 2. The normalized spacial score (nSPS) is 10.9. The monoisotopic (exact) mass is 436 g/mol. The first kappa shape index (κ1) is 20.2. The highest BCUT2D eigenvalue weighted by Gasteiger charge is 2.23. The topological polar surface area (TPSA) is 98.7 Å². The third-order valence-corrected chi connectivity index (χ3v) is 5.42. The van der Waals surface area contributed by atoms with Crippen LogP contribution in [0, 0.1) is 0 Å². The second kappa shape index (κ2) is 8.09. The van der Waals surface area contributed by atoms with Gasteiger partial charge in [-0.05, 0) is 90.5 Å². The van der Waals surface area contributed by atoms with Crippen molar-refractivity contribution in [2.24, 2.45) is 0 Å². The molecular formula is C27H20N2O4. The van der Waals surface area contributed by atoms with Crippen LogP contribution in [0.3, 0.4) is 0 Å². The predicted molar refractivity (Wildman–Crippen MR) is 127 cm³/mol. The van der Waals surface area contributed by atoms with E-state index in [9.17, 15) is 20.4 Å². The lowest BCUT2D eigenvalue weighted by Crippen LogP contribution is -1.99. The van der Waals surface area contributed by atoms with E-state index in [1.807, 2.05) is 24.3 Å². The maximum absolute atomic E-state index is 9.85. The van der Waals surface area contributed by atoms with Gasteiger partial charge in [0, 0.05) is 16.7 Å². The van der Waals surface area contributed by atoms with Gasteiger partial charge in [-0.2, -0.15) is 5.10 Å². The minimum Gasteiger partial charge on any atom is -0.508 e. The molecule has 0 aliphatic rings. The molecule has 0 unspecified atom stereocenters. The second-order valence-electron chi connectivity index (χ2n) is 7.64. The SMILES string of the molecule is Oc1ccc(-c2nn(-c3ccc(O)cc3)c(-c3ccc(O)cc3)c2-c2ccc(O)cc2)cc1. The van der Waals surface area contributed by atoms with E-state index in [-0.39, 0.29) is 23.0 Å². The van der Waals surface area contributed by atoms with E-state index in [0.29, 0.717) is 5.69 Å². The van der Waals surface area contributed by atoms with Crippen LogP contribution in [0.25, 0.3) is 39.3 Å². The zero-order valence-electron chi connectivity index (χ0n) is 17.4. The van der Waals surface area contributed by atoms with Crippen LogP contribution in [0.4, 0.5) is 0 Å². The van der Waals surface area contributed by atoms with Gasteiger partial charge in [0.1, 0.15) is 28.7 Å². The van der Waals surface area contributed by atoms with Gasteiger partial charge in [0.15, 0.2) is 0 Å². The molecule has 4 N–H and O–H groups in total. The van der Waals surface area contributed by atoms with Crippen LogP contribution in [0.5, 0.6) is 23.0 Å². The van der Waals surface area contributed by atoms with Gasteiger partial charge in [0.25, 0.3) is 0 Å². The van der Waals surface area contributed by atoms with E-state index in [0.717, 1.165) is 33.6 Å². The first-order valence-electron chi connectivity index (χ1n) is 10.3. The summed E-state index contributed by atoms with van der Waals surface area (Å²) < 4.78 is 1.79. The molecule has 162 valence electrons. The fourth-order valence-electron chi connectivity index (χ4n) is 3.81. The maximum atomic E-state index is 9.85. The Kier molecular flexibility index (Phi) is 4.95. The van der Waals surface area contributed by atoms with Gasteiger partial charge in [0.05, 0.1) is 11.4 Å². The predicted octanol–water partition coefficient (Wildman–Crippen LogP) is 5.70. The molecule has 33 heavy (non-hydrogen) atoms. The lowest BCUT2D eigenvalue weighted by molar-refractivity contribution is 0.474. The first-order chi connectivity index (χ1) is 16.0. The number of aromatic hydroxyl groups is 4. The van der Waals surface area contributed by atoms with Crippen LogP contribution >= 0.6 is 0 Å². The molecule has 5 rings (SSSR count). The Hall–Kier alpha value is -4.71. The largest absolute Gasteiger partial charge is 0.508 e. The number of phenolic OH excluding ortho intramolecular Hbond substituents is 4. The minimum atomic E-state index is 0.148. The van der Waals surface area contributed by atoms with Gasteiger partial charge in [-0.15, -0.1) is 0 Å². The molecule has 6 nitrogen and oxygen atoms in total. The zero-order valence-corrected chi connectivity index (χ0v) is 17.4. The summed E-state index contributed by atoms with van der Waals surface area (Å²) in [6, 6.07) is 27.3. The van der Waals surface area contributed by atoms with Gasteiger partial charge >= 0.3 is 0 Å². The molecule has 4 aromatic carbocycles. The van der Waals surface area contributed by atoms with E-state index in [1.54, 1.807) is 77.5 Å². The molecule has 0 atom stereocenters. The Morgan fingerprint density at radius 2 is 0.848 bits per heavy atom. The highest BCUT2D eigenvalue weighted by molar-refractivity contribution is 5.92. The second-order valence-corrected chi connectivity index (χ2v) is 7.64. The molecule has 0 aliphatic heterocycles. The highest BCUT2D eigenvalue weighted by atomic mass is 16.3. The number of nitrogens with zero attached hydrogens (tertiary/aromatic N) is 2. The van der Waals surface area contributed by atoms with Crippen LogP contribution < -0.4 is 0 Å². The van der Waals surface area contributed by atoms with Gasteiger partial charge in [-0.1, -0.05) is 12.1 Å². The minimum absolute atomic E-state index is 0.148. The third kappa shape index (κ3) is 3.85. The summed E-state index contributed by atoms with van der Waals surface area (Å²) in [7, 11) is 0. The summed E-state index contributed by atoms with van der Waals surface area (Å²) in [6.07, 6.45) is 0.